The third-order valence-electron chi connectivity index (χ3n) is 3.44. The van der Waals surface area contributed by atoms with E-state index in [1.54, 1.807) is 24.0 Å². The Kier molecular flexibility index (Phi) is 7.00. The fourth-order valence-corrected chi connectivity index (χ4v) is 4.11. The Hall–Kier alpha value is -1.95. The molecular formula is C20H17ClN2OS2. The summed E-state index contributed by atoms with van der Waals surface area (Å²) in [5.41, 5.74) is 2.00. The summed E-state index contributed by atoms with van der Waals surface area (Å²) < 4.78 is 0. The second-order valence-corrected chi connectivity index (χ2v) is 7.87. The standard InChI is InChI=1S/C20H17ClN2OS2/c21-16-9-10-17(18(12-16)25-13-15-6-2-1-3-7-15)23-19(24)14-26-20-8-4-5-11-22-20/h1-12H,13-14H2,(H,23,24). The molecule has 0 saturated carbocycles. The molecule has 0 bridgehead atoms. The van der Waals surface area contributed by atoms with E-state index in [-0.39, 0.29) is 5.91 Å². The molecule has 3 rings (SSSR count). The lowest BCUT2D eigenvalue weighted by Gasteiger charge is -2.11. The van der Waals surface area contributed by atoms with Crippen molar-refractivity contribution in [3.63, 3.8) is 0 Å². The van der Waals surface area contributed by atoms with Gasteiger partial charge in [0, 0.05) is 21.9 Å². The fourth-order valence-electron chi connectivity index (χ4n) is 2.21. The molecule has 0 aliphatic rings. The number of benzene rings is 2. The molecule has 3 aromatic rings. The van der Waals surface area contributed by atoms with Gasteiger partial charge in [-0.3, -0.25) is 4.79 Å². The van der Waals surface area contributed by atoms with Crippen LogP contribution in [-0.4, -0.2) is 16.6 Å². The molecule has 2 aromatic carbocycles. The topological polar surface area (TPSA) is 42.0 Å². The predicted molar refractivity (Wildman–Crippen MR) is 111 cm³/mol. The quantitative estimate of drug-likeness (QED) is 0.512. The Morgan fingerprint density at radius 1 is 1.00 bits per heavy atom. The van der Waals surface area contributed by atoms with E-state index in [0.717, 1.165) is 21.4 Å². The second-order valence-electron chi connectivity index (χ2n) is 5.42. The summed E-state index contributed by atoms with van der Waals surface area (Å²) in [7, 11) is 0. The van der Waals surface area contributed by atoms with Gasteiger partial charge in [0.05, 0.1) is 16.5 Å². The molecule has 0 fully saturated rings. The highest BCUT2D eigenvalue weighted by Crippen LogP contribution is 2.32. The minimum atomic E-state index is -0.0652. The van der Waals surface area contributed by atoms with E-state index < -0.39 is 0 Å². The number of thioether (sulfide) groups is 2. The largest absolute Gasteiger partial charge is 0.324 e. The molecule has 26 heavy (non-hydrogen) atoms. The maximum atomic E-state index is 12.3. The van der Waals surface area contributed by atoms with Gasteiger partial charge in [-0.1, -0.05) is 59.8 Å². The zero-order chi connectivity index (χ0) is 18.2. The Bertz CT molecular complexity index is 860. The van der Waals surface area contributed by atoms with Crippen LogP contribution in [0.25, 0.3) is 0 Å². The highest BCUT2D eigenvalue weighted by atomic mass is 35.5. The van der Waals surface area contributed by atoms with Crippen LogP contribution in [-0.2, 0) is 10.5 Å². The monoisotopic (exact) mass is 400 g/mol. The predicted octanol–water partition coefficient (Wildman–Crippen LogP) is 5.76. The van der Waals surface area contributed by atoms with Gasteiger partial charge in [0.15, 0.2) is 0 Å². The lowest BCUT2D eigenvalue weighted by atomic mass is 10.2. The van der Waals surface area contributed by atoms with Crippen LogP contribution >= 0.6 is 35.1 Å². The van der Waals surface area contributed by atoms with Crippen LogP contribution in [0.1, 0.15) is 5.56 Å². The van der Waals surface area contributed by atoms with Crippen molar-refractivity contribution in [2.24, 2.45) is 0 Å². The molecule has 0 aliphatic carbocycles. The number of rotatable bonds is 7. The number of carbonyl (C=O) groups excluding carboxylic acids is 1. The first-order valence-corrected chi connectivity index (χ1v) is 10.4. The van der Waals surface area contributed by atoms with Gasteiger partial charge in [-0.25, -0.2) is 4.98 Å². The van der Waals surface area contributed by atoms with E-state index in [2.05, 4.69) is 22.4 Å². The average molecular weight is 401 g/mol. The number of nitrogens with zero attached hydrogens (tertiary/aromatic N) is 1. The SMILES string of the molecule is O=C(CSc1ccccn1)Nc1ccc(Cl)cc1SCc1ccccc1. The number of nitrogens with one attached hydrogen (secondary N) is 1. The van der Waals surface area contributed by atoms with E-state index in [1.165, 1.54) is 17.3 Å². The molecule has 1 amide bonds. The minimum Gasteiger partial charge on any atom is -0.324 e. The molecule has 0 atom stereocenters. The Morgan fingerprint density at radius 2 is 1.81 bits per heavy atom. The molecule has 132 valence electrons. The lowest BCUT2D eigenvalue weighted by Crippen LogP contribution is -2.14. The number of halogens is 1. The summed E-state index contributed by atoms with van der Waals surface area (Å²) in [4.78, 5) is 17.5. The molecular weight excluding hydrogens is 384 g/mol. The number of pyridine rings is 1. The van der Waals surface area contributed by atoms with Crippen molar-refractivity contribution in [2.45, 2.75) is 15.7 Å². The van der Waals surface area contributed by atoms with Gasteiger partial charge >= 0.3 is 0 Å². The Balaban J connectivity index is 1.62. The maximum absolute atomic E-state index is 12.3. The zero-order valence-corrected chi connectivity index (χ0v) is 16.3. The summed E-state index contributed by atoms with van der Waals surface area (Å²) in [6.07, 6.45) is 1.72. The van der Waals surface area contributed by atoms with Crippen LogP contribution in [0.3, 0.4) is 0 Å². The van der Waals surface area contributed by atoms with Crippen LogP contribution in [0.2, 0.25) is 5.02 Å². The lowest BCUT2D eigenvalue weighted by molar-refractivity contribution is -0.113. The summed E-state index contributed by atoms with van der Waals surface area (Å²) in [5.74, 6) is 1.05. The van der Waals surface area contributed by atoms with Crippen LogP contribution in [0.15, 0.2) is 82.8 Å². The first-order chi connectivity index (χ1) is 12.7. The average Bonchev–Trinajstić information content (AvgIpc) is 2.68. The van der Waals surface area contributed by atoms with Gasteiger partial charge in [-0.15, -0.1) is 11.8 Å². The first-order valence-electron chi connectivity index (χ1n) is 8.01. The molecule has 1 N–H and O–H groups in total. The normalized spacial score (nSPS) is 10.5. The van der Waals surface area contributed by atoms with Crippen molar-refractivity contribution in [2.75, 3.05) is 11.1 Å². The molecule has 1 aromatic heterocycles. The van der Waals surface area contributed by atoms with Crippen molar-refractivity contribution < 1.29 is 4.79 Å². The van der Waals surface area contributed by atoms with Crippen LogP contribution in [0.4, 0.5) is 5.69 Å². The summed E-state index contributed by atoms with van der Waals surface area (Å²) in [5, 5.41) is 4.46. The van der Waals surface area contributed by atoms with Gasteiger partial charge in [0.25, 0.3) is 0 Å². The first kappa shape index (κ1) is 18.8. The van der Waals surface area contributed by atoms with Crippen molar-refractivity contribution in [1.29, 1.82) is 0 Å². The molecule has 1 heterocycles. The molecule has 6 heteroatoms. The molecule has 0 unspecified atom stereocenters. The van der Waals surface area contributed by atoms with Gasteiger partial charge in [-0.2, -0.15) is 0 Å². The van der Waals surface area contributed by atoms with Crippen LogP contribution < -0.4 is 5.32 Å². The number of anilines is 1. The smallest absolute Gasteiger partial charge is 0.234 e. The third-order valence-corrected chi connectivity index (χ3v) is 5.75. The number of carbonyl (C=O) groups is 1. The Morgan fingerprint density at radius 3 is 2.58 bits per heavy atom. The number of amides is 1. The number of hydrogen-bond donors (Lipinski definition) is 1. The van der Waals surface area contributed by atoms with E-state index in [1.807, 2.05) is 48.5 Å². The van der Waals surface area contributed by atoms with Gasteiger partial charge in [0.1, 0.15) is 0 Å². The van der Waals surface area contributed by atoms with Gasteiger partial charge < -0.3 is 5.32 Å². The van der Waals surface area contributed by atoms with Crippen LogP contribution in [0.5, 0.6) is 0 Å². The molecule has 0 saturated heterocycles. The molecule has 0 aliphatic heterocycles. The number of aromatic nitrogens is 1. The van der Waals surface area contributed by atoms with E-state index >= 15 is 0 Å². The van der Waals surface area contributed by atoms with E-state index in [4.69, 9.17) is 11.6 Å². The molecule has 0 spiro atoms. The van der Waals surface area contributed by atoms with Crippen molar-refractivity contribution >= 4 is 46.7 Å². The zero-order valence-electron chi connectivity index (χ0n) is 13.9. The van der Waals surface area contributed by atoms with E-state index in [0.29, 0.717) is 10.8 Å². The number of hydrogen-bond acceptors (Lipinski definition) is 4. The summed E-state index contributed by atoms with van der Waals surface area (Å²) in [6, 6.07) is 21.4. The molecule has 0 radical (unpaired) electrons. The maximum Gasteiger partial charge on any atom is 0.234 e. The minimum absolute atomic E-state index is 0.0652. The van der Waals surface area contributed by atoms with Gasteiger partial charge in [-0.05, 0) is 35.9 Å². The van der Waals surface area contributed by atoms with Crippen molar-refractivity contribution in [3.8, 4) is 0 Å². The third kappa shape index (κ3) is 5.80. The van der Waals surface area contributed by atoms with Gasteiger partial charge in [0.2, 0.25) is 5.91 Å². The second kappa shape index (κ2) is 9.67. The summed E-state index contributed by atoms with van der Waals surface area (Å²) >= 11 is 9.20. The highest BCUT2D eigenvalue weighted by Gasteiger charge is 2.10. The Labute approximate surface area is 166 Å². The fraction of sp³-hybridized carbons (Fsp3) is 0.100. The van der Waals surface area contributed by atoms with Crippen molar-refractivity contribution in [3.05, 3.63) is 83.5 Å². The summed E-state index contributed by atoms with van der Waals surface area (Å²) in [6.45, 7) is 0. The highest BCUT2D eigenvalue weighted by molar-refractivity contribution is 8.00. The van der Waals surface area contributed by atoms with Crippen LogP contribution in [0, 0.1) is 0 Å². The van der Waals surface area contributed by atoms with Crippen molar-refractivity contribution in [1.82, 2.24) is 4.98 Å². The van der Waals surface area contributed by atoms with E-state index in [9.17, 15) is 4.79 Å². The molecule has 3 nitrogen and oxygen atoms in total.